The van der Waals surface area contributed by atoms with Crippen LogP contribution in [0.4, 0.5) is 0 Å². The molecule has 0 unspecified atom stereocenters. The van der Waals surface area contributed by atoms with Crippen molar-refractivity contribution in [1.82, 2.24) is 0 Å². The molecule has 112 valence electrons. The molecule has 1 aromatic carbocycles. The molecule has 0 atom stereocenters. The minimum Gasteiger partial charge on any atom is -0.544 e. The maximum absolute atomic E-state index is 5.96. The first-order chi connectivity index (χ1) is 9.11. The SMILES string of the molecule is CCC(=NO[Si](C)(C)C)c1ccc(O[Si](C)(C)C)cc1. The topological polar surface area (TPSA) is 30.8 Å². The highest BCUT2D eigenvalue weighted by Crippen LogP contribution is 2.18. The third-order valence-electron chi connectivity index (χ3n) is 2.38. The Bertz CT molecular complexity index is 456. The first kappa shape index (κ1) is 17.0. The molecule has 0 fully saturated rings. The fourth-order valence-electron chi connectivity index (χ4n) is 1.58. The Morgan fingerprint density at radius 3 is 1.90 bits per heavy atom. The lowest BCUT2D eigenvalue weighted by molar-refractivity contribution is 0.334. The molecule has 0 spiro atoms. The quantitative estimate of drug-likeness (QED) is 0.426. The molecule has 1 aromatic rings. The monoisotopic (exact) mass is 309 g/mol. The molecule has 5 heteroatoms. The van der Waals surface area contributed by atoms with Gasteiger partial charge in [0.2, 0.25) is 8.32 Å². The van der Waals surface area contributed by atoms with Gasteiger partial charge in [-0.3, -0.25) is 0 Å². The Kier molecular flexibility index (Phi) is 5.59. The lowest BCUT2D eigenvalue weighted by Gasteiger charge is -2.19. The zero-order valence-electron chi connectivity index (χ0n) is 13.8. The van der Waals surface area contributed by atoms with Gasteiger partial charge in [0, 0.05) is 0 Å². The first-order valence-electron chi connectivity index (χ1n) is 7.15. The summed E-state index contributed by atoms with van der Waals surface area (Å²) in [7, 11) is -3.16. The van der Waals surface area contributed by atoms with E-state index in [-0.39, 0.29) is 0 Å². The van der Waals surface area contributed by atoms with E-state index in [1.807, 2.05) is 12.1 Å². The summed E-state index contributed by atoms with van der Waals surface area (Å²) < 4.78 is 11.6. The Labute approximate surface area is 125 Å². The number of oxime groups is 1. The summed E-state index contributed by atoms with van der Waals surface area (Å²) >= 11 is 0. The van der Waals surface area contributed by atoms with Crippen LogP contribution in [0, 0.1) is 0 Å². The summed E-state index contributed by atoms with van der Waals surface area (Å²) in [6.45, 7) is 15.0. The summed E-state index contributed by atoms with van der Waals surface area (Å²) in [6.07, 6.45) is 0.860. The van der Waals surface area contributed by atoms with Crippen molar-refractivity contribution in [3.63, 3.8) is 0 Å². The van der Waals surface area contributed by atoms with Crippen molar-refractivity contribution in [1.29, 1.82) is 0 Å². The third-order valence-corrected chi connectivity index (χ3v) is 3.86. The van der Waals surface area contributed by atoms with Crippen molar-refractivity contribution in [2.24, 2.45) is 5.16 Å². The molecule has 0 bridgehead atoms. The van der Waals surface area contributed by atoms with Crippen LogP contribution in [0.2, 0.25) is 39.3 Å². The zero-order valence-corrected chi connectivity index (χ0v) is 15.8. The summed E-state index contributed by atoms with van der Waals surface area (Å²) in [6, 6.07) is 8.16. The van der Waals surface area contributed by atoms with E-state index in [9.17, 15) is 0 Å². The third kappa shape index (κ3) is 6.39. The van der Waals surface area contributed by atoms with Crippen LogP contribution in [0.15, 0.2) is 29.4 Å². The Morgan fingerprint density at radius 2 is 1.50 bits per heavy atom. The van der Waals surface area contributed by atoms with Gasteiger partial charge < -0.3 is 8.95 Å². The predicted octanol–water partition coefficient (Wildman–Crippen LogP) is 4.87. The highest BCUT2D eigenvalue weighted by Gasteiger charge is 2.17. The molecular formula is C15H27NO2Si2. The molecule has 0 aliphatic rings. The van der Waals surface area contributed by atoms with Crippen molar-refractivity contribution < 1.29 is 8.95 Å². The molecule has 0 amide bonds. The summed E-state index contributed by atoms with van der Waals surface area (Å²) in [4.78, 5) is 0. The van der Waals surface area contributed by atoms with E-state index in [1.54, 1.807) is 0 Å². The normalized spacial score (nSPS) is 13.2. The zero-order chi connectivity index (χ0) is 15.4. The van der Waals surface area contributed by atoms with Crippen LogP contribution in [0.5, 0.6) is 5.75 Å². The highest BCUT2D eigenvalue weighted by atomic mass is 28.4. The predicted molar refractivity (Wildman–Crippen MR) is 91.7 cm³/mol. The van der Waals surface area contributed by atoms with Crippen molar-refractivity contribution in [3.8, 4) is 5.75 Å². The second-order valence-corrected chi connectivity index (χ2v) is 15.7. The van der Waals surface area contributed by atoms with Crippen LogP contribution in [0.25, 0.3) is 0 Å². The largest absolute Gasteiger partial charge is 0.544 e. The fraction of sp³-hybridized carbons (Fsp3) is 0.533. The molecule has 0 aliphatic carbocycles. The summed E-state index contributed by atoms with van der Waals surface area (Å²) in [5.74, 6) is 0.939. The summed E-state index contributed by atoms with van der Waals surface area (Å²) in [5.41, 5.74) is 2.10. The molecule has 0 saturated carbocycles. The molecule has 0 aromatic heterocycles. The van der Waals surface area contributed by atoms with Crippen LogP contribution in [0.1, 0.15) is 18.9 Å². The van der Waals surface area contributed by atoms with Gasteiger partial charge in [-0.2, -0.15) is 0 Å². The average molecular weight is 310 g/mol. The van der Waals surface area contributed by atoms with Gasteiger partial charge in [0.1, 0.15) is 5.75 Å². The maximum Gasteiger partial charge on any atom is 0.278 e. The van der Waals surface area contributed by atoms with Gasteiger partial charge in [-0.15, -0.1) is 5.16 Å². The van der Waals surface area contributed by atoms with Crippen molar-refractivity contribution in [3.05, 3.63) is 29.8 Å². The highest BCUT2D eigenvalue weighted by molar-refractivity contribution is 6.70. The molecule has 0 N–H and O–H groups in total. The van der Waals surface area contributed by atoms with Crippen LogP contribution >= 0.6 is 0 Å². The fourth-order valence-corrected chi connectivity index (χ4v) is 2.81. The van der Waals surface area contributed by atoms with Crippen LogP contribution in [-0.4, -0.2) is 22.3 Å². The molecular weight excluding hydrogens is 282 g/mol. The number of hydrogen-bond acceptors (Lipinski definition) is 3. The van der Waals surface area contributed by atoms with E-state index in [1.165, 1.54) is 0 Å². The standard InChI is InChI=1S/C15H27NO2Si2/c1-8-15(16-18-20(5,6)7)13-9-11-14(12-10-13)17-19(2,3)4/h9-12H,8H2,1-7H3. The summed E-state index contributed by atoms with van der Waals surface area (Å²) in [5, 5.41) is 4.33. The van der Waals surface area contributed by atoms with E-state index in [0.29, 0.717) is 0 Å². The minimum atomic E-state index is -1.62. The lowest BCUT2D eigenvalue weighted by Crippen LogP contribution is -2.29. The van der Waals surface area contributed by atoms with Crippen molar-refractivity contribution in [2.75, 3.05) is 0 Å². The second-order valence-electron chi connectivity index (χ2n) is 6.83. The number of nitrogens with zero attached hydrogens (tertiary/aromatic N) is 1. The Morgan fingerprint density at radius 1 is 0.950 bits per heavy atom. The van der Waals surface area contributed by atoms with E-state index in [4.69, 9.17) is 8.95 Å². The molecule has 0 heterocycles. The second kappa shape index (κ2) is 6.58. The Balaban J connectivity index is 2.85. The molecule has 20 heavy (non-hydrogen) atoms. The van der Waals surface area contributed by atoms with Crippen molar-refractivity contribution >= 4 is 22.3 Å². The van der Waals surface area contributed by atoms with Gasteiger partial charge >= 0.3 is 0 Å². The molecule has 0 radical (unpaired) electrons. The van der Waals surface area contributed by atoms with E-state index in [2.05, 4.69) is 63.5 Å². The van der Waals surface area contributed by atoms with Gasteiger partial charge in [0.05, 0.1) is 5.71 Å². The van der Waals surface area contributed by atoms with E-state index >= 15 is 0 Å². The van der Waals surface area contributed by atoms with Crippen LogP contribution < -0.4 is 4.43 Å². The van der Waals surface area contributed by atoms with E-state index in [0.717, 1.165) is 23.4 Å². The number of hydrogen-bond donors (Lipinski definition) is 0. The van der Waals surface area contributed by atoms with Crippen molar-refractivity contribution in [2.45, 2.75) is 52.6 Å². The van der Waals surface area contributed by atoms with Crippen LogP contribution in [-0.2, 0) is 4.53 Å². The van der Waals surface area contributed by atoms with Crippen LogP contribution in [0.3, 0.4) is 0 Å². The van der Waals surface area contributed by atoms with Gasteiger partial charge in [-0.25, -0.2) is 0 Å². The lowest BCUT2D eigenvalue weighted by atomic mass is 10.1. The molecule has 3 nitrogen and oxygen atoms in total. The van der Waals surface area contributed by atoms with Gasteiger partial charge in [0.15, 0.2) is 0 Å². The minimum absolute atomic E-state index is 0.860. The van der Waals surface area contributed by atoms with Gasteiger partial charge in [0.25, 0.3) is 8.32 Å². The molecule has 0 aliphatic heterocycles. The van der Waals surface area contributed by atoms with Gasteiger partial charge in [-0.1, -0.05) is 6.92 Å². The number of rotatable bonds is 6. The smallest absolute Gasteiger partial charge is 0.278 e. The van der Waals surface area contributed by atoms with E-state index < -0.39 is 16.6 Å². The first-order valence-corrected chi connectivity index (χ1v) is 14.0. The molecule has 0 saturated heterocycles. The molecule has 1 rings (SSSR count). The maximum atomic E-state index is 5.96. The average Bonchev–Trinajstić information content (AvgIpc) is 2.28. The van der Waals surface area contributed by atoms with Gasteiger partial charge in [-0.05, 0) is 75.5 Å². The number of benzene rings is 1. The Hall–Kier alpha value is -1.08.